The maximum Gasteiger partial charge on any atom is 0.125 e. The molecule has 0 amide bonds. The Kier molecular flexibility index (Phi) is 4.38. The van der Waals surface area contributed by atoms with Gasteiger partial charge in [-0.1, -0.05) is 58.0 Å². The van der Waals surface area contributed by atoms with Crippen molar-refractivity contribution in [3.8, 4) is 11.1 Å². The van der Waals surface area contributed by atoms with E-state index in [-0.39, 0.29) is 36.4 Å². The lowest BCUT2D eigenvalue weighted by Crippen LogP contribution is -1.91. The third-order valence-corrected chi connectivity index (χ3v) is 4.70. The molecule has 1 nitrogen and oxygen atoms in total. The van der Waals surface area contributed by atoms with Crippen LogP contribution in [0.3, 0.4) is 0 Å². The lowest BCUT2D eigenvalue weighted by molar-refractivity contribution is 0.629. The van der Waals surface area contributed by atoms with Crippen LogP contribution in [-0.2, 0) is 0 Å². The molecule has 2 N–H and O–H groups in total. The molecule has 0 aromatic heterocycles. The largest absolute Gasteiger partial charge is 0.399 e. The SMILES string of the molecule is Nc1cc(F)cc(-c2c(Cl)c(Cl)c(Cl)c(Cl)c2Cl)c1. The summed E-state index contributed by atoms with van der Waals surface area (Å²) in [5.41, 5.74) is 6.47. The predicted molar refractivity (Wildman–Crippen MR) is 81.3 cm³/mol. The second-order valence-corrected chi connectivity index (χ2v) is 5.61. The van der Waals surface area contributed by atoms with Crippen LogP contribution >= 0.6 is 58.0 Å². The molecule has 7 heteroatoms. The number of halogens is 6. The molecule has 0 fully saturated rings. The molecule has 2 rings (SSSR count). The summed E-state index contributed by atoms with van der Waals surface area (Å²) in [7, 11) is 0. The Bertz CT molecular complexity index is 622. The van der Waals surface area contributed by atoms with Crippen molar-refractivity contribution in [2.45, 2.75) is 0 Å². The van der Waals surface area contributed by atoms with E-state index in [1.165, 1.54) is 18.2 Å². The Morgan fingerprint density at radius 3 is 1.68 bits per heavy atom. The second-order valence-electron chi connectivity index (χ2n) is 3.72. The maximum atomic E-state index is 13.4. The molecule has 0 saturated heterocycles. The molecule has 0 saturated carbocycles. The Hall–Kier alpha value is -0.380. The third kappa shape index (κ3) is 2.74. The first-order chi connectivity index (χ1) is 8.82. The summed E-state index contributed by atoms with van der Waals surface area (Å²) in [4.78, 5) is 0. The van der Waals surface area contributed by atoms with E-state index >= 15 is 0 Å². The molecule has 0 aliphatic heterocycles. The van der Waals surface area contributed by atoms with Crippen molar-refractivity contribution in [2.75, 3.05) is 5.73 Å². The Labute approximate surface area is 134 Å². The first-order valence-electron chi connectivity index (χ1n) is 4.90. The quantitative estimate of drug-likeness (QED) is 0.359. The molecular formula is C12H5Cl5FN. The van der Waals surface area contributed by atoms with Crippen molar-refractivity contribution in [3.05, 3.63) is 49.1 Å². The second kappa shape index (κ2) is 5.55. The Morgan fingerprint density at radius 2 is 1.21 bits per heavy atom. The number of hydrogen-bond donors (Lipinski definition) is 1. The van der Waals surface area contributed by atoms with Gasteiger partial charge in [0.05, 0.1) is 25.1 Å². The smallest absolute Gasteiger partial charge is 0.125 e. The van der Waals surface area contributed by atoms with E-state index in [1.807, 2.05) is 0 Å². The fourth-order valence-electron chi connectivity index (χ4n) is 1.62. The molecule has 0 radical (unpaired) electrons. The minimum absolute atomic E-state index is 0.0476. The topological polar surface area (TPSA) is 26.0 Å². The van der Waals surface area contributed by atoms with Crippen molar-refractivity contribution in [1.82, 2.24) is 0 Å². The molecule has 2 aromatic carbocycles. The van der Waals surface area contributed by atoms with Crippen LogP contribution in [0.5, 0.6) is 0 Å². The number of hydrogen-bond acceptors (Lipinski definition) is 1. The molecule has 0 spiro atoms. The van der Waals surface area contributed by atoms with E-state index in [2.05, 4.69) is 0 Å². The fraction of sp³-hybridized carbons (Fsp3) is 0. The van der Waals surface area contributed by atoms with Gasteiger partial charge in [0.15, 0.2) is 0 Å². The van der Waals surface area contributed by atoms with Gasteiger partial charge in [0, 0.05) is 11.3 Å². The van der Waals surface area contributed by atoms with Crippen LogP contribution in [0, 0.1) is 5.82 Å². The molecule has 0 aliphatic rings. The average Bonchev–Trinajstić information content (AvgIpc) is 2.33. The lowest BCUT2D eigenvalue weighted by atomic mass is 10.0. The summed E-state index contributed by atoms with van der Waals surface area (Å²) in [6.45, 7) is 0. The standard InChI is InChI=1S/C12H5Cl5FN/c13-8-7(4-1-5(18)3-6(19)2-4)9(14)11(16)12(17)10(8)15/h1-3H,19H2. The zero-order chi connectivity index (χ0) is 14.3. The summed E-state index contributed by atoms with van der Waals surface area (Å²) < 4.78 is 13.4. The third-order valence-electron chi connectivity index (χ3n) is 2.42. The predicted octanol–water partition coefficient (Wildman–Crippen LogP) is 6.34. The van der Waals surface area contributed by atoms with Crippen LogP contribution in [0.15, 0.2) is 18.2 Å². The van der Waals surface area contributed by atoms with Crippen LogP contribution in [-0.4, -0.2) is 0 Å². The van der Waals surface area contributed by atoms with Gasteiger partial charge >= 0.3 is 0 Å². The highest BCUT2D eigenvalue weighted by atomic mass is 35.5. The highest BCUT2D eigenvalue weighted by Crippen LogP contribution is 2.48. The van der Waals surface area contributed by atoms with Gasteiger partial charge in [0.2, 0.25) is 0 Å². The molecule has 2 aromatic rings. The van der Waals surface area contributed by atoms with E-state index in [0.717, 1.165) is 0 Å². The van der Waals surface area contributed by atoms with Crippen LogP contribution < -0.4 is 5.73 Å². The zero-order valence-corrected chi connectivity index (χ0v) is 12.9. The van der Waals surface area contributed by atoms with Gasteiger partial charge in [0.25, 0.3) is 0 Å². The van der Waals surface area contributed by atoms with Crippen LogP contribution in [0.2, 0.25) is 25.1 Å². The summed E-state index contributed by atoms with van der Waals surface area (Å²) in [6, 6.07) is 3.91. The summed E-state index contributed by atoms with van der Waals surface area (Å²) in [5, 5.41) is 0.328. The fourth-order valence-corrected chi connectivity index (χ4v) is 2.97. The summed E-state index contributed by atoms with van der Waals surface area (Å²) >= 11 is 30.0. The molecule has 100 valence electrons. The maximum absolute atomic E-state index is 13.4. The Morgan fingerprint density at radius 1 is 0.737 bits per heavy atom. The van der Waals surface area contributed by atoms with Crippen molar-refractivity contribution in [3.63, 3.8) is 0 Å². The molecule has 0 bridgehead atoms. The number of anilines is 1. The molecule has 19 heavy (non-hydrogen) atoms. The van der Waals surface area contributed by atoms with E-state index in [0.29, 0.717) is 5.56 Å². The van der Waals surface area contributed by atoms with E-state index in [4.69, 9.17) is 63.7 Å². The minimum atomic E-state index is -0.524. The minimum Gasteiger partial charge on any atom is -0.399 e. The molecule has 0 aliphatic carbocycles. The van der Waals surface area contributed by atoms with Gasteiger partial charge in [-0.2, -0.15) is 0 Å². The van der Waals surface area contributed by atoms with E-state index in [9.17, 15) is 4.39 Å². The van der Waals surface area contributed by atoms with Gasteiger partial charge in [-0.15, -0.1) is 0 Å². The number of rotatable bonds is 1. The number of nitrogen functional groups attached to an aromatic ring is 1. The Balaban J connectivity index is 2.82. The highest BCUT2D eigenvalue weighted by Gasteiger charge is 2.20. The van der Waals surface area contributed by atoms with Gasteiger partial charge in [-0.25, -0.2) is 4.39 Å². The van der Waals surface area contributed by atoms with Gasteiger partial charge in [-0.3, -0.25) is 0 Å². The monoisotopic (exact) mass is 357 g/mol. The van der Waals surface area contributed by atoms with E-state index in [1.54, 1.807) is 0 Å². The van der Waals surface area contributed by atoms with E-state index < -0.39 is 5.82 Å². The average molecular weight is 359 g/mol. The number of nitrogens with two attached hydrogens (primary N) is 1. The highest BCUT2D eigenvalue weighted by molar-refractivity contribution is 6.56. The summed E-state index contributed by atoms with van der Waals surface area (Å²) in [5.74, 6) is -0.524. The first-order valence-corrected chi connectivity index (χ1v) is 6.79. The lowest BCUT2D eigenvalue weighted by Gasteiger charge is -2.13. The van der Waals surface area contributed by atoms with Crippen LogP contribution in [0.1, 0.15) is 0 Å². The van der Waals surface area contributed by atoms with Gasteiger partial charge in [-0.05, 0) is 23.8 Å². The van der Waals surface area contributed by atoms with Gasteiger partial charge in [0.1, 0.15) is 5.82 Å². The molecule has 0 unspecified atom stereocenters. The van der Waals surface area contributed by atoms with Crippen molar-refractivity contribution in [2.24, 2.45) is 0 Å². The first kappa shape index (κ1) is 15.0. The molecule has 0 heterocycles. The number of benzene rings is 2. The van der Waals surface area contributed by atoms with Crippen molar-refractivity contribution < 1.29 is 4.39 Å². The van der Waals surface area contributed by atoms with Crippen LogP contribution in [0.4, 0.5) is 10.1 Å². The van der Waals surface area contributed by atoms with Gasteiger partial charge < -0.3 is 5.73 Å². The molecule has 0 atom stereocenters. The van der Waals surface area contributed by atoms with Crippen LogP contribution in [0.25, 0.3) is 11.1 Å². The normalized spacial score (nSPS) is 10.8. The molecular weight excluding hydrogens is 354 g/mol. The van der Waals surface area contributed by atoms with Crippen molar-refractivity contribution in [1.29, 1.82) is 0 Å². The van der Waals surface area contributed by atoms with Crippen molar-refractivity contribution >= 4 is 63.7 Å². The summed E-state index contributed by atoms with van der Waals surface area (Å²) in [6.07, 6.45) is 0. The zero-order valence-electron chi connectivity index (χ0n) is 9.08.